The van der Waals surface area contributed by atoms with Gasteiger partial charge in [0, 0.05) is 31.4 Å². The molecule has 3 aliphatic heterocycles. The van der Waals surface area contributed by atoms with Gasteiger partial charge in [0.15, 0.2) is 0 Å². The number of carboxylic acids is 1. The number of hydrogen-bond acceptors (Lipinski definition) is 3. The van der Waals surface area contributed by atoms with Crippen LogP contribution in [0.25, 0.3) is 0 Å². The van der Waals surface area contributed by atoms with E-state index in [-0.39, 0.29) is 6.54 Å². The number of piperidine rings is 1. The van der Waals surface area contributed by atoms with Crippen LogP contribution in [0.4, 0.5) is 0 Å². The zero-order chi connectivity index (χ0) is 10.1. The Bertz CT molecular complexity index is 257. The van der Waals surface area contributed by atoms with Gasteiger partial charge in [-0.3, -0.25) is 9.69 Å². The molecule has 0 unspecified atom stereocenters. The smallest absolute Gasteiger partial charge is 0.317 e. The van der Waals surface area contributed by atoms with E-state index in [2.05, 4.69) is 11.5 Å². The van der Waals surface area contributed by atoms with Crippen LogP contribution in [0.1, 0.15) is 12.8 Å². The minimum absolute atomic E-state index is 0.150. The normalized spacial score (nSPS) is 24.0. The third-order valence-electron chi connectivity index (χ3n) is 3.15. The van der Waals surface area contributed by atoms with Crippen LogP contribution in [0, 0.1) is 0 Å². The second kappa shape index (κ2) is 3.61. The van der Waals surface area contributed by atoms with Crippen LogP contribution < -0.4 is 0 Å². The second-order valence-corrected chi connectivity index (χ2v) is 4.08. The van der Waals surface area contributed by atoms with E-state index in [1.54, 1.807) is 0 Å². The van der Waals surface area contributed by atoms with Crippen LogP contribution >= 0.6 is 0 Å². The molecular weight excluding hydrogens is 180 g/mol. The highest BCUT2D eigenvalue weighted by Gasteiger charge is 2.31. The molecule has 0 aromatic carbocycles. The first kappa shape index (κ1) is 9.52. The molecule has 78 valence electrons. The summed E-state index contributed by atoms with van der Waals surface area (Å²) in [6.07, 6.45) is 2.15. The van der Waals surface area contributed by atoms with Crippen molar-refractivity contribution in [3.63, 3.8) is 0 Å². The van der Waals surface area contributed by atoms with E-state index in [4.69, 9.17) is 5.11 Å². The first-order valence-corrected chi connectivity index (χ1v) is 5.05. The van der Waals surface area contributed by atoms with Crippen LogP contribution in [-0.4, -0.2) is 53.1 Å². The Morgan fingerprint density at radius 3 is 2.71 bits per heavy atom. The highest BCUT2D eigenvalue weighted by atomic mass is 16.4. The van der Waals surface area contributed by atoms with Crippen LogP contribution in [-0.2, 0) is 4.79 Å². The molecule has 0 spiro atoms. The molecule has 3 saturated heterocycles. The lowest BCUT2D eigenvalue weighted by molar-refractivity contribution is -0.138. The number of aliphatic carboxylic acids is 1. The van der Waals surface area contributed by atoms with E-state index in [1.807, 2.05) is 4.90 Å². The summed E-state index contributed by atoms with van der Waals surface area (Å²) in [6.45, 7) is 6.95. The van der Waals surface area contributed by atoms with E-state index < -0.39 is 5.97 Å². The molecule has 3 fully saturated rings. The fourth-order valence-electron chi connectivity index (χ4n) is 2.37. The molecule has 0 radical (unpaired) electrons. The zero-order valence-electron chi connectivity index (χ0n) is 8.28. The molecule has 0 aromatic rings. The van der Waals surface area contributed by atoms with Gasteiger partial charge in [-0.25, -0.2) is 0 Å². The Balaban J connectivity index is 2.09. The summed E-state index contributed by atoms with van der Waals surface area (Å²) in [6, 6.07) is 0.446. The maximum Gasteiger partial charge on any atom is 0.317 e. The van der Waals surface area contributed by atoms with Crippen LogP contribution in [0.3, 0.4) is 0 Å². The van der Waals surface area contributed by atoms with Gasteiger partial charge in [-0.1, -0.05) is 6.58 Å². The molecule has 2 bridgehead atoms. The van der Waals surface area contributed by atoms with E-state index in [9.17, 15) is 4.79 Å². The number of carboxylic acid groups (broad SMARTS) is 1. The van der Waals surface area contributed by atoms with E-state index in [0.717, 1.165) is 38.2 Å². The Morgan fingerprint density at radius 1 is 1.50 bits per heavy atom. The molecule has 3 rings (SSSR count). The average molecular weight is 196 g/mol. The van der Waals surface area contributed by atoms with Crippen molar-refractivity contribution in [3.05, 3.63) is 12.3 Å². The van der Waals surface area contributed by atoms with Gasteiger partial charge in [-0.05, 0) is 12.8 Å². The van der Waals surface area contributed by atoms with Gasteiger partial charge in [0.2, 0.25) is 0 Å². The molecular formula is C10H16N2O2. The van der Waals surface area contributed by atoms with Crippen molar-refractivity contribution in [3.8, 4) is 0 Å². The van der Waals surface area contributed by atoms with E-state index >= 15 is 0 Å². The Kier molecular flexibility index (Phi) is 2.46. The molecule has 4 heteroatoms. The molecule has 3 heterocycles. The molecule has 0 atom stereocenters. The summed E-state index contributed by atoms with van der Waals surface area (Å²) in [5.74, 6) is -0.738. The maximum atomic E-state index is 10.7. The maximum absolute atomic E-state index is 10.7. The quantitative estimate of drug-likeness (QED) is 0.692. The third kappa shape index (κ3) is 1.75. The number of fused-ring (bicyclic) bond motifs is 4. The summed E-state index contributed by atoms with van der Waals surface area (Å²) >= 11 is 0. The minimum atomic E-state index is -0.738. The highest BCUT2D eigenvalue weighted by Crippen LogP contribution is 2.24. The van der Waals surface area contributed by atoms with Gasteiger partial charge < -0.3 is 10.0 Å². The van der Waals surface area contributed by atoms with Crippen LogP contribution in [0.2, 0.25) is 0 Å². The SMILES string of the molecule is C=C1CN(CC(=O)O)C2CCN1CC2. The van der Waals surface area contributed by atoms with Crippen molar-refractivity contribution in [1.82, 2.24) is 9.80 Å². The summed E-state index contributed by atoms with van der Waals surface area (Å²) in [5.41, 5.74) is 1.08. The second-order valence-electron chi connectivity index (χ2n) is 4.08. The van der Waals surface area contributed by atoms with Gasteiger partial charge in [-0.15, -0.1) is 0 Å². The molecule has 14 heavy (non-hydrogen) atoms. The Morgan fingerprint density at radius 2 is 2.14 bits per heavy atom. The largest absolute Gasteiger partial charge is 0.480 e. The molecule has 0 aliphatic carbocycles. The highest BCUT2D eigenvalue weighted by molar-refractivity contribution is 5.69. The van der Waals surface area contributed by atoms with E-state index in [1.165, 1.54) is 0 Å². The number of hydrogen-bond donors (Lipinski definition) is 1. The predicted octanol–water partition coefficient (Wildman–Crippen LogP) is 0.365. The fourth-order valence-corrected chi connectivity index (χ4v) is 2.37. The first-order valence-electron chi connectivity index (χ1n) is 5.05. The molecule has 1 N–H and O–H groups in total. The molecule has 4 nitrogen and oxygen atoms in total. The van der Waals surface area contributed by atoms with Gasteiger partial charge in [0.1, 0.15) is 0 Å². The Labute approximate surface area is 83.8 Å². The standard InChI is InChI=1S/C10H16N2O2/c1-8-6-12(7-10(13)14)9-2-4-11(8)5-3-9/h9H,1-7H2,(H,13,14). The van der Waals surface area contributed by atoms with Crippen LogP contribution in [0.15, 0.2) is 12.3 Å². The molecule has 0 amide bonds. The molecule has 0 aromatic heterocycles. The van der Waals surface area contributed by atoms with Crippen LogP contribution in [0.5, 0.6) is 0 Å². The average Bonchev–Trinajstić information content (AvgIpc) is 2.36. The minimum Gasteiger partial charge on any atom is -0.480 e. The number of nitrogens with zero attached hydrogens (tertiary/aromatic N) is 2. The van der Waals surface area contributed by atoms with Crippen molar-refractivity contribution in [1.29, 1.82) is 0 Å². The molecule has 0 saturated carbocycles. The summed E-state index contributed by atoms with van der Waals surface area (Å²) in [7, 11) is 0. The first-order chi connectivity index (χ1) is 6.66. The summed E-state index contributed by atoms with van der Waals surface area (Å²) < 4.78 is 0. The number of rotatable bonds is 2. The van der Waals surface area contributed by atoms with Crippen molar-refractivity contribution >= 4 is 5.97 Å². The Hall–Kier alpha value is -1.03. The summed E-state index contributed by atoms with van der Waals surface area (Å²) in [4.78, 5) is 15.0. The third-order valence-corrected chi connectivity index (χ3v) is 3.15. The van der Waals surface area contributed by atoms with Gasteiger partial charge in [0.05, 0.1) is 6.54 Å². The van der Waals surface area contributed by atoms with E-state index in [0.29, 0.717) is 6.04 Å². The lowest BCUT2D eigenvalue weighted by atomic mass is 10.1. The zero-order valence-corrected chi connectivity index (χ0v) is 8.28. The summed E-state index contributed by atoms with van der Waals surface area (Å²) in [5, 5.41) is 8.79. The van der Waals surface area contributed by atoms with Gasteiger partial charge >= 0.3 is 5.97 Å². The predicted molar refractivity (Wildman–Crippen MR) is 52.9 cm³/mol. The molecule has 3 aliphatic rings. The fraction of sp³-hybridized carbons (Fsp3) is 0.700. The topological polar surface area (TPSA) is 43.8 Å². The lowest BCUT2D eigenvalue weighted by Gasteiger charge is -2.30. The van der Waals surface area contributed by atoms with Gasteiger partial charge in [0.25, 0.3) is 0 Å². The monoisotopic (exact) mass is 196 g/mol. The lowest BCUT2D eigenvalue weighted by Crippen LogP contribution is -2.40. The van der Waals surface area contributed by atoms with Crippen molar-refractivity contribution in [2.45, 2.75) is 18.9 Å². The van der Waals surface area contributed by atoms with Crippen molar-refractivity contribution in [2.75, 3.05) is 26.2 Å². The van der Waals surface area contributed by atoms with Crippen molar-refractivity contribution < 1.29 is 9.90 Å². The van der Waals surface area contributed by atoms with Crippen molar-refractivity contribution in [2.24, 2.45) is 0 Å². The number of carbonyl (C=O) groups is 1. The van der Waals surface area contributed by atoms with Gasteiger partial charge in [-0.2, -0.15) is 0 Å².